The molecular formula is C15H23N3O. The van der Waals surface area contributed by atoms with E-state index in [1.807, 2.05) is 43.0 Å². The van der Waals surface area contributed by atoms with Crippen molar-refractivity contribution in [2.45, 2.75) is 26.3 Å². The lowest BCUT2D eigenvalue weighted by Gasteiger charge is -2.25. The van der Waals surface area contributed by atoms with E-state index < -0.39 is 0 Å². The van der Waals surface area contributed by atoms with Crippen LogP contribution in [0.25, 0.3) is 0 Å². The highest BCUT2D eigenvalue weighted by atomic mass is 16.2. The molecule has 1 aromatic carbocycles. The van der Waals surface area contributed by atoms with Crippen molar-refractivity contribution in [1.29, 1.82) is 0 Å². The smallest absolute Gasteiger partial charge is 0.241 e. The van der Waals surface area contributed by atoms with Gasteiger partial charge >= 0.3 is 0 Å². The zero-order valence-corrected chi connectivity index (χ0v) is 11.8. The number of aryl methyl sites for hydroxylation is 1. The van der Waals surface area contributed by atoms with Gasteiger partial charge < -0.3 is 10.6 Å². The van der Waals surface area contributed by atoms with Crippen LogP contribution in [0, 0.1) is 6.92 Å². The Hall–Kier alpha value is -1.39. The zero-order valence-electron chi connectivity index (χ0n) is 11.8. The molecule has 1 aromatic rings. The van der Waals surface area contributed by atoms with Crippen molar-refractivity contribution in [2.24, 2.45) is 5.73 Å². The summed E-state index contributed by atoms with van der Waals surface area (Å²) in [5.74, 6) is 0.158. The van der Waals surface area contributed by atoms with Crippen LogP contribution in [0.5, 0.6) is 0 Å². The molecule has 1 saturated heterocycles. The summed E-state index contributed by atoms with van der Waals surface area (Å²) in [4.78, 5) is 16.4. The Kier molecular flexibility index (Phi) is 4.56. The minimum Gasteiger partial charge on any atom is -0.326 e. The second-order valence-corrected chi connectivity index (χ2v) is 5.21. The van der Waals surface area contributed by atoms with Gasteiger partial charge in [-0.25, -0.2) is 0 Å². The first-order valence-electron chi connectivity index (χ1n) is 6.95. The molecule has 2 N–H and O–H groups in total. The van der Waals surface area contributed by atoms with Gasteiger partial charge in [0, 0.05) is 31.4 Å². The Balaban J connectivity index is 2.05. The molecule has 0 radical (unpaired) electrons. The number of amides is 1. The zero-order chi connectivity index (χ0) is 13.8. The van der Waals surface area contributed by atoms with Crippen molar-refractivity contribution in [3.63, 3.8) is 0 Å². The summed E-state index contributed by atoms with van der Waals surface area (Å²) in [5, 5.41) is 0. The fraction of sp³-hybridized carbons (Fsp3) is 0.533. The standard InChI is InChI=1S/C15H23N3O/c1-3-18(14-7-5-4-6-12(14)2)15(19)11-17-9-8-13(16)10-17/h4-7,13H,3,8-11,16H2,1-2H3/t13-/m0/s1. The molecule has 19 heavy (non-hydrogen) atoms. The molecule has 1 amide bonds. The van der Waals surface area contributed by atoms with Crippen LogP contribution in [0.15, 0.2) is 24.3 Å². The third-order valence-electron chi connectivity index (χ3n) is 3.69. The molecule has 1 atom stereocenters. The molecule has 2 rings (SSSR count). The Morgan fingerprint density at radius 2 is 2.21 bits per heavy atom. The van der Waals surface area contributed by atoms with Crippen molar-refractivity contribution >= 4 is 11.6 Å². The van der Waals surface area contributed by atoms with Crippen LogP contribution >= 0.6 is 0 Å². The van der Waals surface area contributed by atoms with Gasteiger partial charge in [0.15, 0.2) is 0 Å². The number of nitrogens with zero attached hydrogens (tertiary/aromatic N) is 2. The maximum atomic E-state index is 12.4. The molecule has 0 bridgehead atoms. The summed E-state index contributed by atoms with van der Waals surface area (Å²) in [6, 6.07) is 8.24. The molecule has 0 saturated carbocycles. The summed E-state index contributed by atoms with van der Waals surface area (Å²) < 4.78 is 0. The van der Waals surface area contributed by atoms with E-state index in [1.54, 1.807) is 0 Å². The van der Waals surface area contributed by atoms with Gasteiger partial charge in [0.05, 0.1) is 6.54 Å². The van der Waals surface area contributed by atoms with Gasteiger partial charge in [0.2, 0.25) is 5.91 Å². The molecule has 0 unspecified atom stereocenters. The number of carbonyl (C=O) groups excluding carboxylic acids is 1. The lowest BCUT2D eigenvalue weighted by molar-refractivity contribution is -0.119. The molecule has 1 fully saturated rings. The quantitative estimate of drug-likeness (QED) is 0.891. The van der Waals surface area contributed by atoms with Crippen molar-refractivity contribution in [3.8, 4) is 0 Å². The highest BCUT2D eigenvalue weighted by Crippen LogP contribution is 2.20. The monoisotopic (exact) mass is 261 g/mol. The number of nitrogens with two attached hydrogens (primary N) is 1. The highest BCUT2D eigenvalue weighted by Gasteiger charge is 2.24. The molecule has 0 aromatic heterocycles. The lowest BCUT2D eigenvalue weighted by Crippen LogP contribution is -2.40. The van der Waals surface area contributed by atoms with E-state index >= 15 is 0 Å². The fourth-order valence-corrected chi connectivity index (χ4v) is 2.63. The summed E-state index contributed by atoms with van der Waals surface area (Å²) in [6.45, 7) is 6.98. The predicted octanol–water partition coefficient (Wildman–Crippen LogP) is 1.38. The Bertz CT molecular complexity index is 447. The first-order chi connectivity index (χ1) is 9.11. The number of likely N-dealkylation sites (N-methyl/N-ethyl adjacent to an activating group) is 1. The average Bonchev–Trinajstić information content (AvgIpc) is 2.78. The Labute approximate surface area is 115 Å². The third-order valence-corrected chi connectivity index (χ3v) is 3.69. The number of anilines is 1. The molecule has 4 heteroatoms. The highest BCUT2D eigenvalue weighted by molar-refractivity contribution is 5.95. The van der Waals surface area contributed by atoms with Crippen LogP contribution < -0.4 is 10.6 Å². The Morgan fingerprint density at radius 1 is 1.47 bits per heavy atom. The van der Waals surface area contributed by atoms with E-state index in [0.29, 0.717) is 13.1 Å². The molecule has 4 nitrogen and oxygen atoms in total. The molecular weight excluding hydrogens is 238 g/mol. The lowest BCUT2D eigenvalue weighted by atomic mass is 10.2. The van der Waals surface area contributed by atoms with E-state index in [0.717, 1.165) is 30.8 Å². The van der Waals surface area contributed by atoms with E-state index in [1.165, 1.54) is 0 Å². The van der Waals surface area contributed by atoms with E-state index in [4.69, 9.17) is 5.73 Å². The first kappa shape index (κ1) is 14.0. The minimum absolute atomic E-state index is 0.158. The van der Waals surface area contributed by atoms with Gasteiger partial charge in [-0.15, -0.1) is 0 Å². The van der Waals surface area contributed by atoms with Gasteiger partial charge in [-0.05, 0) is 31.9 Å². The fourth-order valence-electron chi connectivity index (χ4n) is 2.63. The van der Waals surface area contributed by atoms with Crippen molar-refractivity contribution in [2.75, 3.05) is 31.1 Å². The summed E-state index contributed by atoms with van der Waals surface area (Å²) in [6.07, 6.45) is 0.990. The van der Waals surface area contributed by atoms with Crippen LogP contribution in [0.3, 0.4) is 0 Å². The Morgan fingerprint density at radius 3 is 2.79 bits per heavy atom. The molecule has 1 heterocycles. The first-order valence-corrected chi connectivity index (χ1v) is 6.95. The average molecular weight is 261 g/mol. The third kappa shape index (κ3) is 3.33. The second kappa shape index (κ2) is 6.17. The van der Waals surface area contributed by atoms with Crippen molar-refractivity contribution < 1.29 is 4.79 Å². The molecule has 1 aliphatic heterocycles. The van der Waals surface area contributed by atoms with Gasteiger partial charge in [-0.3, -0.25) is 9.69 Å². The van der Waals surface area contributed by atoms with Crippen LogP contribution in [0.1, 0.15) is 18.9 Å². The van der Waals surface area contributed by atoms with Crippen LogP contribution in [0.2, 0.25) is 0 Å². The van der Waals surface area contributed by atoms with E-state index in [9.17, 15) is 4.79 Å². The number of para-hydroxylation sites is 1. The minimum atomic E-state index is 0.158. The summed E-state index contributed by atoms with van der Waals surface area (Å²) in [5.41, 5.74) is 8.03. The topological polar surface area (TPSA) is 49.6 Å². The van der Waals surface area contributed by atoms with Crippen LogP contribution in [-0.4, -0.2) is 43.0 Å². The van der Waals surface area contributed by atoms with Crippen molar-refractivity contribution in [3.05, 3.63) is 29.8 Å². The summed E-state index contributed by atoms with van der Waals surface area (Å²) in [7, 11) is 0. The molecule has 104 valence electrons. The molecule has 1 aliphatic rings. The predicted molar refractivity (Wildman–Crippen MR) is 78.2 cm³/mol. The number of likely N-dealkylation sites (tertiary alicyclic amines) is 1. The largest absolute Gasteiger partial charge is 0.326 e. The van der Waals surface area contributed by atoms with Gasteiger partial charge in [0.25, 0.3) is 0 Å². The maximum Gasteiger partial charge on any atom is 0.241 e. The van der Waals surface area contributed by atoms with Crippen LogP contribution in [-0.2, 0) is 4.79 Å². The summed E-state index contributed by atoms with van der Waals surface area (Å²) >= 11 is 0. The number of rotatable bonds is 4. The van der Waals surface area contributed by atoms with Gasteiger partial charge in [-0.2, -0.15) is 0 Å². The normalized spacial score (nSPS) is 19.6. The van der Waals surface area contributed by atoms with E-state index in [-0.39, 0.29) is 11.9 Å². The number of hydrogen-bond acceptors (Lipinski definition) is 3. The molecule has 0 spiro atoms. The number of hydrogen-bond donors (Lipinski definition) is 1. The number of benzene rings is 1. The van der Waals surface area contributed by atoms with Gasteiger partial charge in [-0.1, -0.05) is 18.2 Å². The SMILES string of the molecule is CCN(C(=O)CN1CC[C@H](N)C1)c1ccccc1C. The van der Waals surface area contributed by atoms with Gasteiger partial charge in [0.1, 0.15) is 0 Å². The van der Waals surface area contributed by atoms with E-state index in [2.05, 4.69) is 4.90 Å². The number of carbonyl (C=O) groups is 1. The molecule has 0 aliphatic carbocycles. The van der Waals surface area contributed by atoms with Crippen molar-refractivity contribution in [1.82, 2.24) is 4.90 Å². The van der Waals surface area contributed by atoms with Crippen LogP contribution in [0.4, 0.5) is 5.69 Å². The second-order valence-electron chi connectivity index (χ2n) is 5.21. The maximum absolute atomic E-state index is 12.4.